The van der Waals surface area contributed by atoms with E-state index in [0.717, 1.165) is 16.3 Å². The highest BCUT2D eigenvalue weighted by molar-refractivity contribution is 6.05. The van der Waals surface area contributed by atoms with Crippen LogP contribution in [0.5, 0.6) is 5.75 Å². The number of hydrogen-bond acceptors (Lipinski definition) is 6. The lowest BCUT2D eigenvalue weighted by Crippen LogP contribution is -2.18. The van der Waals surface area contributed by atoms with Crippen LogP contribution in [0.2, 0.25) is 0 Å². The van der Waals surface area contributed by atoms with E-state index >= 15 is 0 Å². The quantitative estimate of drug-likeness (QED) is 0.145. The Labute approximate surface area is 207 Å². The fourth-order valence-electron chi connectivity index (χ4n) is 3.84. The van der Waals surface area contributed by atoms with E-state index in [4.69, 9.17) is 9.26 Å². The second-order valence-electron chi connectivity index (χ2n) is 8.01. The Morgan fingerprint density at radius 2 is 1.61 bits per heavy atom. The van der Waals surface area contributed by atoms with Crippen LogP contribution in [0.1, 0.15) is 32.0 Å². The van der Waals surface area contributed by atoms with Gasteiger partial charge in [0.2, 0.25) is 0 Å². The topological polar surface area (TPSA) is 93.8 Å². The number of benzene rings is 4. The van der Waals surface area contributed by atoms with Gasteiger partial charge >= 0.3 is 5.97 Å². The van der Waals surface area contributed by atoms with Crippen molar-refractivity contribution in [3.63, 3.8) is 0 Å². The number of hydrazone groups is 1. The highest BCUT2D eigenvalue weighted by Gasteiger charge is 2.21. The molecule has 0 fully saturated rings. The Hall–Kier alpha value is -5.04. The van der Waals surface area contributed by atoms with Gasteiger partial charge in [0.15, 0.2) is 0 Å². The lowest BCUT2D eigenvalue weighted by Gasteiger charge is -2.07. The molecule has 4 aromatic carbocycles. The molecule has 7 heteroatoms. The molecule has 0 saturated heterocycles. The summed E-state index contributed by atoms with van der Waals surface area (Å²) in [7, 11) is 0. The van der Waals surface area contributed by atoms with Gasteiger partial charge in [0.1, 0.15) is 22.8 Å². The fourth-order valence-corrected chi connectivity index (χ4v) is 3.84. The molecule has 0 spiro atoms. The number of esters is 1. The van der Waals surface area contributed by atoms with Crippen LogP contribution in [0.25, 0.3) is 22.0 Å². The number of aromatic nitrogens is 1. The molecular formula is C29H21N3O4. The molecule has 5 rings (SSSR count). The standard InChI is InChI=1S/C29H21N3O4/c1-19-26(27(32-36-19)22-9-3-2-4-10-22)28(33)31-30-18-20-14-16-23(17-15-20)35-29(34)25-13-7-11-21-8-5-6-12-24(21)25/h2-18H,1H3,(H,31,33)/b30-18-. The number of carbonyl (C=O) groups is 2. The molecule has 1 amide bonds. The minimum atomic E-state index is -0.432. The van der Waals surface area contributed by atoms with E-state index in [0.29, 0.717) is 33.9 Å². The monoisotopic (exact) mass is 475 g/mol. The molecule has 0 bridgehead atoms. The SMILES string of the molecule is Cc1onc(-c2ccccc2)c1C(=O)N/N=C\c1ccc(OC(=O)c2cccc3ccccc23)cc1. The van der Waals surface area contributed by atoms with Gasteiger partial charge in [-0.2, -0.15) is 5.10 Å². The van der Waals surface area contributed by atoms with E-state index in [2.05, 4.69) is 15.7 Å². The van der Waals surface area contributed by atoms with E-state index in [-0.39, 0.29) is 0 Å². The largest absolute Gasteiger partial charge is 0.423 e. The van der Waals surface area contributed by atoms with Crippen molar-refractivity contribution in [2.24, 2.45) is 5.10 Å². The molecule has 0 saturated carbocycles. The zero-order valence-corrected chi connectivity index (χ0v) is 19.3. The summed E-state index contributed by atoms with van der Waals surface area (Å²) in [6.45, 7) is 1.68. The molecule has 36 heavy (non-hydrogen) atoms. The number of aryl methyl sites for hydroxylation is 1. The Kier molecular flexibility index (Phi) is 6.36. The first-order valence-corrected chi connectivity index (χ1v) is 11.3. The first-order chi connectivity index (χ1) is 17.6. The number of ether oxygens (including phenoxy) is 1. The maximum absolute atomic E-state index is 12.7. The third-order valence-corrected chi connectivity index (χ3v) is 5.62. The number of hydrogen-bond donors (Lipinski definition) is 1. The normalized spacial score (nSPS) is 11.0. The van der Waals surface area contributed by atoms with E-state index < -0.39 is 11.9 Å². The molecule has 0 aliphatic rings. The van der Waals surface area contributed by atoms with Gasteiger partial charge in [0.25, 0.3) is 5.91 Å². The lowest BCUT2D eigenvalue weighted by molar-refractivity contribution is 0.0736. The van der Waals surface area contributed by atoms with Crippen molar-refractivity contribution in [1.82, 2.24) is 10.6 Å². The predicted octanol–water partition coefficient (Wildman–Crippen LogP) is 5.79. The molecule has 176 valence electrons. The van der Waals surface area contributed by atoms with Crippen LogP contribution in [0.4, 0.5) is 0 Å². The summed E-state index contributed by atoms with van der Waals surface area (Å²) < 4.78 is 10.8. The molecule has 0 unspecified atom stereocenters. The minimum Gasteiger partial charge on any atom is -0.423 e. The van der Waals surface area contributed by atoms with Crippen LogP contribution < -0.4 is 10.2 Å². The number of nitrogens with one attached hydrogen (secondary N) is 1. The smallest absolute Gasteiger partial charge is 0.344 e. The van der Waals surface area contributed by atoms with Crippen molar-refractivity contribution in [1.29, 1.82) is 0 Å². The van der Waals surface area contributed by atoms with Gasteiger partial charge in [0.05, 0.1) is 11.8 Å². The number of nitrogens with zero attached hydrogens (tertiary/aromatic N) is 2. The number of amides is 1. The summed E-state index contributed by atoms with van der Waals surface area (Å²) in [5.74, 6) is -0.0519. The van der Waals surface area contributed by atoms with Gasteiger partial charge in [-0.1, -0.05) is 71.9 Å². The summed E-state index contributed by atoms with van der Waals surface area (Å²) >= 11 is 0. The van der Waals surface area contributed by atoms with Crippen LogP contribution in [0.3, 0.4) is 0 Å². The number of carbonyl (C=O) groups excluding carboxylic acids is 2. The third-order valence-electron chi connectivity index (χ3n) is 5.62. The maximum atomic E-state index is 12.7. The van der Waals surface area contributed by atoms with Gasteiger partial charge in [-0.3, -0.25) is 4.79 Å². The van der Waals surface area contributed by atoms with Crippen molar-refractivity contribution in [3.05, 3.63) is 120 Å². The summed E-state index contributed by atoms with van der Waals surface area (Å²) in [4.78, 5) is 25.5. The highest BCUT2D eigenvalue weighted by atomic mass is 16.5. The average molecular weight is 476 g/mol. The van der Waals surface area contributed by atoms with Crippen LogP contribution in [0, 0.1) is 6.92 Å². The van der Waals surface area contributed by atoms with E-state index in [9.17, 15) is 9.59 Å². The molecule has 1 aromatic heterocycles. The Bertz CT molecular complexity index is 1570. The minimum absolute atomic E-state index is 0.328. The number of rotatable bonds is 6. The van der Waals surface area contributed by atoms with Gasteiger partial charge in [-0.25, -0.2) is 10.2 Å². The van der Waals surface area contributed by atoms with E-state index in [1.54, 1.807) is 37.3 Å². The average Bonchev–Trinajstić information content (AvgIpc) is 3.31. The molecule has 0 atom stereocenters. The van der Waals surface area contributed by atoms with Crippen LogP contribution in [-0.2, 0) is 0 Å². The van der Waals surface area contributed by atoms with Crippen molar-refractivity contribution in [2.75, 3.05) is 0 Å². The maximum Gasteiger partial charge on any atom is 0.344 e. The molecule has 5 aromatic rings. The first-order valence-electron chi connectivity index (χ1n) is 11.3. The molecule has 7 nitrogen and oxygen atoms in total. The summed E-state index contributed by atoms with van der Waals surface area (Å²) in [6.07, 6.45) is 1.50. The van der Waals surface area contributed by atoms with Crippen LogP contribution >= 0.6 is 0 Å². The molecule has 0 aliphatic carbocycles. The third kappa shape index (κ3) is 4.76. The zero-order chi connectivity index (χ0) is 24.9. The Morgan fingerprint density at radius 3 is 2.42 bits per heavy atom. The molecule has 1 heterocycles. The Morgan fingerprint density at radius 1 is 0.889 bits per heavy atom. The summed E-state index contributed by atoms with van der Waals surface area (Å²) in [5.41, 5.74) is 5.29. The molecule has 0 radical (unpaired) electrons. The van der Waals surface area contributed by atoms with Crippen molar-refractivity contribution in [3.8, 4) is 17.0 Å². The lowest BCUT2D eigenvalue weighted by atomic mass is 10.0. The first kappa shape index (κ1) is 22.7. The van der Waals surface area contributed by atoms with Gasteiger partial charge in [0, 0.05) is 5.56 Å². The van der Waals surface area contributed by atoms with E-state index in [1.165, 1.54) is 6.21 Å². The van der Waals surface area contributed by atoms with Crippen molar-refractivity contribution >= 4 is 28.9 Å². The van der Waals surface area contributed by atoms with Crippen LogP contribution in [-0.4, -0.2) is 23.2 Å². The van der Waals surface area contributed by atoms with Crippen LogP contribution in [0.15, 0.2) is 107 Å². The van der Waals surface area contributed by atoms with Gasteiger partial charge in [-0.05, 0) is 53.6 Å². The Balaban J connectivity index is 1.24. The van der Waals surface area contributed by atoms with Gasteiger partial charge < -0.3 is 9.26 Å². The van der Waals surface area contributed by atoms with Gasteiger partial charge in [-0.15, -0.1) is 0 Å². The summed E-state index contributed by atoms with van der Waals surface area (Å²) in [6, 6.07) is 29.3. The predicted molar refractivity (Wildman–Crippen MR) is 137 cm³/mol. The summed E-state index contributed by atoms with van der Waals surface area (Å²) in [5, 5.41) is 9.87. The molecular weight excluding hydrogens is 454 g/mol. The number of fused-ring (bicyclic) bond motifs is 1. The fraction of sp³-hybridized carbons (Fsp3) is 0.0345. The zero-order valence-electron chi connectivity index (χ0n) is 19.3. The molecule has 0 aliphatic heterocycles. The highest BCUT2D eigenvalue weighted by Crippen LogP contribution is 2.25. The van der Waals surface area contributed by atoms with E-state index in [1.807, 2.05) is 66.7 Å². The van der Waals surface area contributed by atoms with Crippen molar-refractivity contribution < 1.29 is 18.8 Å². The molecule has 1 N–H and O–H groups in total. The second kappa shape index (κ2) is 10.1. The second-order valence-corrected chi connectivity index (χ2v) is 8.01. The van der Waals surface area contributed by atoms with Crippen molar-refractivity contribution in [2.45, 2.75) is 6.92 Å².